The molecule has 0 spiro atoms. The number of benzene rings is 1. The second kappa shape index (κ2) is 7.79. The Morgan fingerprint density at radius 2 is 2.15 bits per heavy atom. The number of esters is 1. The van der Waals surface area contributed by atoms with E-state index in [0.29, 0.717) is 17.9 Å². The lowest BCUT2D eigenvalue weighted by molar-refractivity contribution is -0.139. The fourth-order valence-corrected chi connectivity index (χ4v) is 3.09. The molecule has 1 unspecified atom stereocenters. The summed E-state index contributed by atoms with van der Waals surface area (Å²) >= 11 is 0. The number of nitriles is 1. The van der Waals surface area contributed by atoms with Crippen molar-refractivity contribution in [1.82, 2.24) is 9.55 Å². The number of allylic oxidation sites excluding steroid dienone is 2. The molecule has 2 heterocycles. The van der Waals surface area contributed by atoms with Crippen molar-refractivity contribution >= 4 is 5.97 Å². The Kier molecular flexibility index (Phi) is 5.27. The van der Waals surface area contributed by atoms with Crippen LogP contribution in [0.3, 0.4) is 0 Å². The van der Waals surface area contributed by atoms with E-state index in [1.807, 2.05) is 35.0 Å². The van der Waals surface area contributed by atoms with Crippen molar-refractivity contribution in [1.29, 1.82) is 5.26 Å². The smallest absolute Gasteiger partial charge is 0.338 e. The van der Waals surface area contributed by atoms with E-state index >= 15 is 0 Å². The second-order valence-electron chi connectivity index (χ2n) is 6.09. The maximum atomic E-state index is 12.5. The number of rotatable bonds is 5. The van der Waals surface area contributed by atoms with Crippen molar-refractivity contribution < 1.29 is 14.3 Å². The number of hydrogen-bond acceptors (Lipinski definition) is 6. The SMILES string of the molecule is CCOC(=O)C1=C(C)OC(N)=C(C#N)C1c1ccc(Cn2ccnc2)cc1. The van der Waals surface area contributed by atoms with Crippen LogP contribution in [-0.2, 0) is 20.8 Å². The van der Waals surface area contributed by atoms with E-state index in [1.165, 1.54) is 0 Å². The largest absolute Gasteiger partial charge is 0.463 e. The molecule has 0 aliphatic carbocycles. The topological polar surface area (TPSA) is 103 Å². The molecule has 0 fully saturated rings. The van der Waals surface area contributed by atoms with Crippen molar-refractivity contribution in [3.05, 3.63) is 76.9 Å². The van der Waals surface area contributed by atoms with Crippen molar-refractivity contribution in [2.45, 2.75) is 26.3 Å². The van der Waals surface area contributed by atoms with Crippen molar-refractivity contribution in [2.75, 3.05) is 6.61 Å². The number of imidazole rings is 1. The molecule has 1 aliphatic rings. The van der Waals surface area contributed by atoms with E-state index in [0.717, 1.165) is 11.1 Å². The highest BCUT2D eigenvalue weighted by molar-refractivity contribution is 5.92. The Hall–Kier alpha value is -3.53. The van der Waals surface area contributed by atoms with Crippen LogP contribution in [0.4, 0.5) is 0 Å². The molecular weight excluding hydrogens is 344 g/mol. The number of aromatic nitrogens is 2. The van der Waals surface area contributed by atoms with Crippen LogP contribution in [0.25, 0.3) is 0 Å². The summed E-state index contributed by atoms with van der Waals surface area (Å²) in [6, 6.07) is 9.76. The predicted molar refractivity (Wildman–Crippen MR) is 97.8 cm³/mol. The normalized spacial score (nSPS) is 16.7. The third-order valence-corrected chi connectivity index (χ3v) is 4.34. The van der Waals surface area contributed by atoms with Gasteiger partial charge in [0.05, 0.1) is 24.4 Å². The van der Waals surface area contributed by atoms with Gasteiger partial charge in [-0.2, -0.15) is 5.26 Å². The Balaban J connectivity index is 1.97. The molecule has 3 rings (SSSR count). The van der Waals surface area contributed by atoms with E-state index in [9.17, 15) is 10.1 Å². The summed E-state index contributed by atoms with van der Waals surface area (Å²) in [5, 5.41) is 9.58. The zero-order valence-electron chi connectivity index (χ0n) is 15.2. The number of nitrogens with zero attached hydrogens (tertiary/aromatic N) is 3. The highest BCUT2D eigenvalue weighted by Crippen LogP contribution is 2.39. The van der Waals surface area contributed by atoms with E-state index < -0.39 is 11.9 Å². The highest BCUT2D eigenvalue weighted by Gasteiger charge is 2.36. The lowest BCUT2D eigenvalue weighted by Gasteiger charge is -2.27. The van der Waals surface area contributed by atoms with E-state index in [2.05, 4.69) is 11.1 Å². The van der Waals surface area contributed by atoms with E-state index in [1.54, 1.807) is 26.4 Å². The van der Waals surface area contributed by atoms with Gasteiger partial charge < -0.3 is 19.8 Å². The number of hydrogen-bond donors (Lipinski definition) is 1. The van der Waals surface area contributed by atoms with Crippen LogP contribution in [0.15, 0.2) is 65.8 Å². The summed E-state index contributed by atoms with van der Waals surface area (Å²) < 4.78 is 12.5. The molecule has 7 nitrogen and oxygen atoms in total. The fraction of sp³-hybridized carbons (Fsp3) is 0.250. The molecule has 0 radical (unpaired) electrons. The molecule has 1 aromatic carbocycles. The summed E-state index contributed by atoms with van der Waals surface area (Å²) in [6.07, 6.45) is 5.35. The average Bonchev–Trinajstić information content (AvgIpc) is 3.15. The zero-order chi connectivity index (χ0) is 19.4. The molecule has 2 aromatic rings. The van der Waals surface area contributed by atoms with Gasteiger partial charge in [-0.1, -0.05) is 24.3 Å². The van der Waals surface area contributed by atoms with Crippen LogP contribution in [0, 0.1) is 11.3 Å². The second-order valence-corrected chi connectivity index (χ2v) is 6.09. The first kappa shape index (κ1) is 18.3. The molecule has 0 bridgehead atoms. The third-order valence-electron chi connectivity index (χ3n) is 4.34. The number of carbonyl (C=O) groups excluding carboxylic acids is 1. The molecular formula is C20H20N4O3. The van der Waals surface area contributed by atoms with Crippen LogP contribution in [-0.4, -0.2) is 22.1 Å². The predicted octanol–water partition coefficient (Wildman–Crippen LogP) is 2.58. The Labute approximate surface area is 157 Å². The van der Waals surface area contributed by atoms with Crippen molar-refractivity contribution in [3.63, 3.8) is 0 Å². The van der Waals surface area contributed by atoms with Gasteiger partial charge in [-0.3, -0.25) is 0 Å². The number of nitrogens with two attached hydrogens (primary N) is 1. The minimum absolute atomic E-state index is 0.00976. The fourth-order valence-electron chi connectivity index (χ4n) is 3.09. The minimum Gasteiger partial charge on any atom is -0.463 e. The summed E-state index contributed by atoms with van der Waals surface area (Å²) in [5.41, 5.74) is 8.24. The average molecular weight is 364 g/mol. The maximum Gasteiger partial charge on any atom is 0.338 e. The minimum atomic E-state index is -0.620. The molecule has 2 N–H and O–H groups in total. The number of ether oxygens (including phenoxy) is 2. The quantitative estimate of drug-likeness (QED) is 0.818. The summed E-state index contributed by atoms with van der Waals surface area (Å²) in [4.78, 5) is 16.5. The molecule has 1 atom stereocenters. The van der Waals surface area contributed by atoms with Gasteiger partial charge in [0, 0.05) is 18.9 Å². The summed E-state index contributed by atoms with van der Waals surface area (Å²) in [6.45, 7) is 4.28. The van der Waals surface area contributed by atoms with Gasteiger partial charge in [0.15, 0.2) is 0 Å². The first-order valence-electron chi connectivity index (χ1n) is 8.55. The molecule has 27 heavy (non-hydrogen) atoms. The van der Waals surface area contributed by atoms with E-state index in [4.69, 9.17) is 15.2 Å². The molecule has 1 aromatic heterocycles. The Bertz CT molecular complexity index is 935. The lowest BCUT2D eigenvalue weighted by Crippen LogP contribution is -2.25. The van der Waals surface area contributed by atoms with Gasteiger partial charge in [0.25, 0.3) is 0 Å². The van der Waals surface area contributed by atoms with Crippen molar-refractivity contribution in [3.8, 4) is 6.07 Å². The lowest BCUT2D eigenvalue weighted by atomic mass is 9.83. The maximum absolute atomic E-state index is 12.5. The van der Waals surface area contributed by atoms with Crippen molar-refractivity contribution in [2.24, 2.45) is 5.73 Å². The molecule has 1 aliphatic heterocycles. The van der Waals surface area contributed by atoms with Gasteiger partial charge in [-0.05, 0) is 25.0 Å². The summed E-state index contributed by atoms with van der Waals surface area (Å²) in [5.74, 6) is -0.777. The monoisotopic (exact) mass is 364 g/mol. The molecule has 0 amide bonds. The van der Waals surface area contributed by atoms with Crippen LogP contribution < -0.4 is 5.73 Å². The Morgan fingerprint density at radius 1 is 1.41 bits per heavy atom. The van der Waals surface area contributed by atoms with Crippen LogP contribution in [0.1, 0.15) is 30.9 Å². The highest BCUT2D eigenvalue weighted by atomic mass is 16.5. The molecule has 0 saturated carbocycles. The van der Waals surface area contributed by atoms with Gasteiger partial charge in [-0.25, -0.2) is 9.78 Å². The van der Waals surface area contributed by atoms with Crippen LogP contribution in [0.2, 0.25) is 0 Å². The molecule has 138 valence electrons. The van der Waals surface area contributed by atoms with E-state index in [-0.39, 0.29) is 18.1 Å². The zero-order valence-corrected chi connectivity index (χ0v) is 15.2. The summed E-state index contributed by atoms with van der Waals surface area (Å²) in [7, 11) is 0. The standard InChI is InChI=1S/C20H20N4O3/c1-3-26-20(25)17-13(2)27-19(22)16(10-21)18(17)15-6-4-14(5-7-15)11-24-9-8-23-12-24/h4-9,12,18H,3,11,22H2,1-2H3. The molecule has 0 saturated heterocycles. The third kappa shape index (κ3) is 3.70. The first-order chi connectivity index (χ1) is 13.0. The van der Waals surface area contributed by atoms with Crippen LogP contribution >= 0.6 is 0 Å². The van der Waals surface area contributed by atoms with Crippen LogP contribution in [0.5, 0.6) is 0 Å². The Morgan fingerprint density at radius 3 is 2.74 bits per heavy atom. The molecule has 7 heteroatoms. The first-order valence-corrected chi connectivity index (χ1v) is 8.55. The van der Waals surface area contributed by atoms with Gasteiger partial charge in [0.2, 0.25) is 5.88 Å². The van der Waals surface area contributed by atoms with Gasteiger partial charge in [-0.15, -0.1) is 0 Å². The van der Waals surface area contributed by atoms with Gasteiger partial charge >= 0.3 is 5.97 Å². The number of carbonyl (C=O) groups is 1. The van der Waals surface area contributed by atoms with Gasteiger partial charge in [0.1, 0.15) is 17.4 Å².